The Morgan fingerprint density at radius 1 is 1.08 bits per heavy atom. The Hall–Kier alpha value is -4.13. The van der Waals surface area contributed by atoms with E-state index in [-0.39, 0.29) is 24.1 Å². The Balaban J connectivity index is 1.93. The molecule has 1 heterocycles. The van der Waals surface area contributed by atoms with Crippen LogP contribution >= 0.6 is 0 Å². The fourth-order valence-corrected chi connectivity index (χ4v) is 5.73. The maximum Gasteiger partial charge on any atom is 0.342 e. The molecule has 0 amide bonds. The molecule has 1 aliphatic heterocycles. The van der Waals surface area contributed by atoms with Crippen molar-refractivity contribution in [3.05, 3.63) is 87.8 Å². The second-order valence-electron chi connectivity index (χ2n) is 13.3. The first-order chi connectivity index (χ1) is 23.3. The summed E-state index contributed by atoms with van der Waals surface area (Å²) < 4.78 is 40.7. The van der Waals surface area contributed by atoms with Crippen LogP contribution in [0.1, 0.15) is 59.9 Å². The lowest BCUT2D eigenvalue weighted by atomic mass is 10.0. The van der Waals surface area contributed by atoms with E-state index < -0.39 is 44.1 Å². The molecule has 0 bridgehead atoms. The van der Waals surface area contributed by atoms with Crippen LogP contribution in [-0.2, 0) is 23.7 Å². The molecule has 0 spiro atoms. The Labute approximate surface area is 289 Å². The minimum atomic E-state index is -1.44. The molecule has 1 fully saturated rings. The standard InChI is InChI=1S/C36H49N3O9Si/c1-25(38-39-37)14-12-18-29(46-34(40)26-15-10-9-11-16-26)33-30(47-36(2,3)48-33)19-13-17-27-22-28(43-5)23-31(45-24-42-4)32(27)35(41)44-20-21-49(6,7)8/h9-13,15-18,22-23,25,29-30,33H,14,19-21,24H2,1-8H3/t25-,29?,30-,33+/m0/s1. The lowest BCUT2D eigenvalue weighted by Crippen LogP contribution is -2.37. The van der Waals surface area contributed by atoms with Crippen molar-refractivity contribution in [2.75, 3.05) is 27.6 Å². The fraction of sp³-hybridized carbons (Fsp3) is 0.500. The molecule has 266 valence electrons. The van der Waals surface area contributed by atoms with Crippen LogP contribution in [0.3, 0.4) is 0 Å². The van der Waals surface area contributed by atoms with Crippen molar-refractivity contribution in [3.63, 3.8) is 0 Å². The molecule has 2 aromatic rings. The van der Waals surface area contributed by atoms with Gasteiger partial charge in [0.05, 0.1) is 25.4 Å². The highest BCUT2D eigenvalue weighted by molar-refractivity contribution is 6.76. The summed E-state index contributed by atoms with van der Waals surface area (Å²) in [6.07, 6.45) is 5.92. The van der Waals surface area contributed by atoms with E-state index in [9.17, 15) is 9.59 Å². The van der Waals surface area contributed by atoms with Gasteiger partial charge in [-0.2, -0.15) is 0 Å². The molecule has 3 rings (SSSR count). The highest BCUT2D eigenvalue weighted by Crippen LogP contribution is 2.35. The molecule has 0 aromatic heterocycles. The number of hydrogen-bond acceptors (Lipinski definition) is 10. The van der Waals surface area contributed by atoms with Crippen LogP contribution in [0.25, 0.3) is 16.5 Å². The third kappa shape index (κ3) is 12.7. The van der Waals surface area contributed by atoms with Crippen LogP contribution < -0.4 is 9.47 Å². The molecule has 0 aliphatic carbocycles. The first-order valence-corrected chi connectivity index (χ1v) is 20.0. The molecule has 13 heteroatoms. The van der Waals surface area contributed by atoms with Gasteiger partial charge in [-0.1, -0.05) is 68.1 Å². The number of methoxy groups -OCH3 is 2. The average Bonchev–Trinajstić information content (AvgIpc) is 3.36. The van der Waals surface area contributed by atoms with E-state index in [2.05, 4.69) is 29.7 Å². The summed E-state index contributed by atoms with van der Waals surface area (Å²) in [6.45, 7) is 12.3. The molecular weight excluding hydrogens is 646 g/mol. The van der Waals surface area contributed by atoms with Crippen molar-refractivity contribution in [1.82, 2.24) is 0 Å². The van der Waals surface area contributed by atoms with Crippen molar-refractivity contribution in [3.8, 4) is 11.5 Å². The number of carbonyl (C=O) groups excluding carboxylic acids is 2. The Kier molecular flexibility index (Phi) is 14.9. The second kappa shape index (κ2) is 18.6. The molecular formula is C36H49N3O9Si. The maximum atomic E-state index is 13.5. The quantitative estimate of drug-likeness (QED) is 0.0288. The first kappa shape index (κ1) is 39.3. The summed E-state index contributed by atoms with van der Waals surface area (Å²) in [7, 11) is 1.58. The zero-order chi connectivity index (χ0) is 36.0. The molecule has 12 nitrogen and oxygen atoms in total. The minimum Gasteiger partial charge on any atom is -0.497 e. The maximum absolute atomic E-state index is 13.5. The third-order valence-electron chi connectivity index (χ3n) is 7.48. The number of ether oxygens (including phenoxy) is 7. The molecule has 1 unspecified atom stereocenters. The summed E-state index contributed by atoms with van der Waals surface area (Å²) in [5.41, 5.74) is 9.96. The molecule has 2 aromatic carbocycles. The van der Waals surface area contributed by atoms with E-state index in [0.29, 0.717) is 36.3 Å². The van der Waals surface area contributed by atoms with Gasteiger partial charge in [-0.05, 0) is 68.1 Å². The lowest BCUT2D eigenvalue weighted by molar-refractivity contribution is -0.152. The molecule has 0 radical (unpaired) electrons. The molecule has 1 aliphatic rings. The van der Waals surface area contributed by atoms with Gasteiger partial charge in [0.15, 0.2) is 12.6 Å². The van der Waals surface area contributed by atoms with Crippen molar-refractivity contribution in [2.24, 2.45) is 5.11 Å². The summed E-state index contributed by atoms with van der Waals surface area (Å²) in [6, 6.07) is 12.6. The molecule has 0 saturated carbocycles. The Bertz CT molecular complexity index is 1500. The van der Waals surface area contributed by atoms with E-state index in [0.717, 1.165) is 6.04 Å². The number of esters is 2. The summed E-state index contributed by atoms with van der Waals surface area (Å²) >= 11 is 0. The zero-order valence-corrected chi connectivity index (χ0v) is 30.7. The average molecular weight is 696 g/mol. The number of benzene rings is 2. The van der Waals surface area contributed by atoms with E-state index in [1.165, 1.54) is 14.2 Å². The minimum absolute atomic E-state index is 0.0756. The first-order valence-electron chi connectivity index (χ1n) is 16.3. The van der Waals surface area contributed by atoms with Crippen LogP contribution in [-0.4, -0.2) is 77.8 Å². The van der Waals surface area contributed by atoms with E-state index in [1.54, 1.807) is 69.3 Å². The molecule has 0 N–H and O–H groups in total. The summed E-state index contributed by atoms with van der Waals surface area (Å²) in [4.78, 5) is 29.5. The molecule has 1 saturated heterocycles. The van der Waals surface area contributed by atoms with Crippen LogP contribution in [0.15, 0.2) is 65.8 Å². The van der Waals surface area contributed by atoms with Gasteiger partial charge in [-0.15, -0.1) is 0 Å². The number of rotatable bonds is 18. The molecule has 49 heavy (non-hydrogen) atoms. The predicted molar refractivity (Wildman–Crippen MR) is 189 cm³/mol. The summed E-state index contributed by atoms with van der Waals surface area (Å²) in [5.74, 6) is -1.25. The predicted octanol–water partition coefficient (Wildman–Crippen LogP) is 7.97. The number of nitrogens with zero attached hydrogens (tertiary/aromatic N) is 3. The Morgan fingerprint density at radius 3 is 2.47 bits per heavy atom. The number of carbonyl (C=O) groups is 2. The van der Waals surface area contributed by atoms with Crippen molar-refractivity contribution >= 4 is 26.1 Å². The van der Waals surface area contributed by atoms with Crippen molar-refractivity contribution in [1.29, 1.82) is 0 Å². The van der Waals surface area contributed by atoms with Gasteiger partial charge in [0, 0.05) is 32.2 Å². The van der Waals surface area contributed by atoms with Crippen molar-refractivity contribution < 1.29 is 42.7 Å². The molecule has 4 atom stereocenters. The van der Waals surface area contributed by atoms with Crippen LogP contribution in [0.2, 0.25) is 25.7 Å². The topological polar surface area (TPSA) is 148 Å². The number of hydrogen-bond donors (Lipinski definition) is 0. The highest BCUT2D eigenvalue weighted by Gasteiger charge is 2.45. The van der Waals surface area contributed by atoms with Crippen LogP contribution in [0.5, 0.6) is 11.5 Å². The van der Waals surface area contributed by atoms with Gasteiger partial charge in [0.2, 0.25) is 0 Å². The second-order valence-corrected chi connectivity index (χ2v) is 18.9. The van der Waals surface area contributed by atoms with E-state index >= 15 is 0 Å². The van der Waals surface area contributed by atoms with Gasteiger partial charge in [0.25, 0.3) is 0 Å². The Morgan fingerprint density at radius 2 is 1.82 bits per heavy atom. The summed E-state index contributed by atoms with van der Waals surface area (Å²) in [5, 5.41) is 3.72. The highest BCUT2D eigenvalue weighted by atomic mass is 28.3. The zero-order valence-electron chi connectivity index (χ0n) is 29.7. The normalized spacial score (nSPS) is 18.5. The van der Waals surface area contributed by atoms with E-state index in [1.807, 2.05) is 18.2 Å². The van der Waals surface area contributed by atoms with Gasteiger partial charge in [0.1, 0.15) is 29.3 Å². The van der Waals surface area contributed by atoms with E-state index in [4.69, 9.17) is 38.7 Å². The van der Waals surface area contributed by atoms with Gasteiger partial charge in [-0.25, -0.2) is 9.59 Å². The van der Waals surface area contributed by atoms with Crippen LogP contribution in [0, 0.1) is 0 Å². The largest absolute Gasteiger partial charge is 0.497 e. The van der Waals surface area contributed by atoms with Gasteiger partial charge >= 0.3 is 11.9 Å². The van der Waals surface area contributed by atoms with Gasteiger partial charge in [-0.3, -0.25) is 0 Å². The lowest BCUT2D eigenvalue weighted by Gasteiger charge is -2.24. The fourth-order valence-electron chi connectivity index (χ4n) is 5.02. The van der Waals surface area contributed by atoms with Crippen molar-refractivity contribution in [2.45, 2.75) is 89.4 Å². The van der Waals surface area contributed by atoms with Gasteiger partial charge < -0.3 is 33.2 Å². The SMILES string of the molecule is COCOc1cc(OC)cc(C=CC[C@@H]2OC(C)(C)O[C@@H]2C(C=CC[C@H](C)N=[N+]=[N-])OC(=O)c2ccccc2)c1C(=O)OCC[Si](C)(C)C. The van der Waals surface area contributed by atoms with Crippen LogP contribution in [0.4, 0.5) is 0 Å². The third-order valence-corrected chi connectivity index (χ3v) is 9.18. The monoisotopic (exact) mass is 695 g/mol. The smallest absolute Gasteiger partial charge is 0.342 e. The number of azide groups is 1.